The molecule has 0 aromatic heterocycles. The predicted octanol–water partition coefficient (Wildman–Crippen LogP) is -0.308. The van der Waals surface area contributed by atoms with Crippen molar-refractivity contribution in [3.63, 3.8) is 0 Å². The van der Waals surface area contributed by atoms with Crippen molar-refractivity contribution >= 4 is 22.2 Å². The Morgan fingerprint density at radius 1 is 1.44 bits per heavy atom. The van der Waals surface area contributed by atoms with Gasteiger partial charge in [-0.05, 0) is 0 Å². The summed E-state index contributed by atoms with van der Waals surface area (Å²) in [5.74, 6) is 0. The van der Waals surface area contributed by atoms with Crippen LogP contribution in [0.1, 0.15) is 6.42 Å². The molecule has 0 radical (unpaired) electrons. The van der Waals surface area contributed by atoms with Gasteiger partial charge in [-0.3, -0.25) is 0 Å². The Morgan fingerprint density at radius 2 is 2.00 bits per heavy atom. The predicted molar refractivity (Wildman–Crippen MR) is 36.5 cm³/mol. The fourth-order valence-electron chi connectivity index (χ4n) is 0.359. The molecule has 0 unspecified atom stereocenters. The normalized spacial score (nSPS) is 16.8. The summed E-state index contributed by atoms with van der Waals surface area (Å²) >= 11 is 2.96. The molecule has 3 nitrogen and oxygen atoms in total. The molecule has 0 amide bonds. The van der Waals surface area contributed by atoms with Crippen LogP contribution in [0.15, 0.2) is 0 Å². The number of alkyl halides is 1. The molecule has 54 valence electrons. The highest BCUT2D eigenvalue weighted by atomic mass is 79.9. The van der Waals surface area contributed by atoms with Crippen LogP contribution in [0.2, 0.25) is 0 Å². The van der Waals surface area contributed by atoms with E-state index in [2.05, 4.69) is 15.9 Å². The summed E-state index contributed by atoms with van der Waals surface area (Å²) in [6.07, 6.45) is -1.19. The molecule has 2 atom stereocenters. The molecule has 0 aromatic rings. The molecule has 4 heteroatoms. The first-order valence-electron chi connectivity index (χ1n) is 2.58. The Kier molecular flexibility index (Phi) is 4.94. The lowest BCUT2D eigenvalue weighted by molar-refractivity contribution is -0.110. The van der Waals surface area contributed by atoms with Crippen molar-refractivity contribution in [3.8, 4) is 0 Å². The summed E-state index contributed by atoms with van der Waals surface area (Å²) in [6.45, 7) is 0. The first-order chi connectivity index (χ1) is 4.22. The van der Waals surface area contributed by atoms with Gasteiger partial charge in [0.25, 0.3) is 0 Å². The fraction of sp³-hybridized carbons (Fsp3) is 0.800. The number of hydrogen-bond donors (Lipinski definition) is 2. The van der Waals surface area contributed by atoms with Gasteiger partial charge < -0.3 is 15.0 Å². The van der Waals surface area contributed by atoms with Gasteiger partial charge in [0.2, 0.25) is 0 Å². The molecular weight excluding hydrogens is 188 g/mol. The molecule has 0 saturated heterocycles. The average molecular weight is 197 g/mol. The van der Waals surface area contributed by atoms with Crippen molar-refractivity contribution in [3.05, 3.63) is 0 Å². The lowest BCUT2D eigenvalue weighted by atomic mass is 10.2. The fourth-order valence-corrected chi connectivity index (χ4v) is 0.790. The quantitative estimate of drug-likeness (QED) is 0.480. The van der Waals surface area contributed by atoms with Crippen LogP contribution in [-0.4, -0.2) is 34.0 Å². The number of rotatable bonds is 4. The minimum atomic E-state index is -0.929. The van der Waals surface area contributed by atoms with E-state index in [1.807, 2.05) is 0 Å². The molecule has 0 aromatic carbocycles. The first-order valence-corrected chi connectivity index (χ1v) is 3.70. The number of aliphatic hydroxyl groups excluding tert-OH is 2. The Hall–Kier alpha value is 0.0700. The van der Waals surface area contributed by atoms with E-state index >= 15 is 0 Å². The van der Waals surface area contributed by atoms with Gasteiger partial charge >= 0.3 is 0 Å². The SMILES string of the molecule is O=CC[C@H](O)[C@H](O)CBr. The van der Waals surface area contributed by atoms with Crippen LogP contribution in [0.4, 0.5) is 0 Å². The summed E-state index contributed by atoms with van der Waals surface area (Å²) in [5.41, 5.74) is 0. The van der Waals surface area contributed by atoms with Gasteiger partial charge in [-0.15, -0.1) is 0 Å². The van der Waals surface area contributed by atoms with Crippen molar-refractivity contribution in [1.82, 2.24) is 0 Å². The van der Waals surface area contributed by atoms with E-state index in [0.29, 0.717) is 11.6 Å². The Morgan fingerprint density at radius 3 is 2.33 bits per heavy atom. The van der Waals surface area contributed by atoms with Crippen LogP contribution in [0.25, 0.3) is 0 Å². The van der Waals surface area contributed by atoms with Crippen LogP contribution in [0.5, 0.6) is 0 Å². The molecule has 0 aliphatic heterocycles. The smallest absolute Gasteiger partial charge is 0.122 e. The number of aldehydes is 1. The van der Waals surface area contributed by atoms with Gasteiger partial charge in [0.15, 0.2) is 0 Å². The van der Waals surface area contributed by atoms with E-state index < -0.39 is 12.2 Å². The third-order valence-electron chi connectivity index (χ3n) is 0.940. The van der Waals surface area contributed by atoms with Crippen LogP contribution in [-0.2, 0) is 4.79 Å². The van der Waals surface area contributed by atoms with Crippen molar-refractivity contribution in [2.24, 2.45) is 0 Å². The average Bonchev–Trinajstić information content (AvgIpc) is 1.87. The van der Waals surface area contributed by atoms with Crippen molar-refractivity contribution < 1.29 is 15.0 Å². The summed E-state index contributed by atoms with van der Waals surface area (Å²) in [5, 5.41) is 17.9. The lowest BCUT2D eigenvalue weighted by Gasteiger charge is -2.11. The maximum atomic E-state index is 9.75. The molecule has 0 fully saturated rings. The van der Waals surface area contributed by atoms with Crippen molar-refractivity contribution in [2.45, 2.75) is 18.6 Å². The Balaban J connectivity index is 3.44. The van der Waals surface area contributed by atoms with Gasteiger partial charge in [-0.25, -0.2) is 0 Å². The van der Waals surface area contributed by atoms with Crippen molar-refractivity contribution in [1.29, 1.82) is 0 Å². The van der Waals surface area contributed by atoms with Crippen LogP contribution in [0, 0.1) is 0 Å². The zero-order chi connectivity index (χ0) is 7.28. The van der Waals surface area contributed by atoms with E-state index in [-0.39, 0.29) is 6.42 Å². The number of carbonyl (C=O) groups is 1. The standard InChI is InChI=1S/C5H9BrO3/c6-3-5(9)4(8)1-2-7/h2,4-5,8-9H,1,3H2/t4-,5+/m0/s1. The number of carbonyl (C=O) groups excluding carboxylic acids is 1. The van der Waals surface area contributed by atoms with E-state index in [1.54, 1.807) is 0 Å². The van der Waals surface area contributed by atoms with Crippen molar-refractivity contribution in [2.75, 3.05) is 5.33 Å². The molecule has 0 rings (SSSR count). The second kappa shape index (κ2) is 4.90. The van der Waals surface area contributed by atoms with Crippen LogP contribution in [0.3, 0.4) is 0 Å². The van der Waals surface area contributed by atoms with Gasteiger partial charge in [-0.2, -0.15) is 0 Å². The molecule has 0 aliphatic carbocycles. The molecule has 0 aliphatic rings. The Bertz CT molecular complexity index is 86.3. The highest BCUT2D eigenvalue weighted by Crippen LogP contribution is 1.99. The molecule has 0 spiro atoms. The summed E-state index contributed by atoms with van der Waals surface area (Å²) in [7, 11) is 0. The monoisotopic (exact) mass is 196 g/mol. The van der Waals surface area contributed by atoms with Gasteiger partial charge in [-0.1, -0.05) is 15.9 Å². The van der Waals surface area contributed by atoms with Gasteiger partial charge in [0.1, 0.15) is 6.29 Å². The topological polar surface area (TPSA) is 57.5 Å². The van der Waals surface area contributed by atoms with E-state index in [1.165, 1.54) is 0 Å². The van der Waals surface area contributed by atoms with E-state index in [9.17, 15) is 4.79 Å². The Labute approximate surface area is 61.8 Å². The summed E-state index contributed by atoms with van der Waals surface area (Å²) in [6, 6.07) is 0. The molecule has 0 heterocycles. The van der Waals surface area contributed by atoms with Gasteiger partial charge in [0, 0.05) is 11.8 Å². The lowest BCUT2D eigenvalue weighted by Crippen LogP contribution is -2.27. The molecule has 0 bridgehead atoms. The highest BCUT2D eigenvalue weighted by molar-refractivity contribution is 9.09. The number of aliphatic hydroxyl groups is 2. The van der Waals surface area contributed by atoms with E-state index in [4.69, 9.17) is 10.2 Å². The largest absolute Gasteiger partial charge is 0.390 e. The maximum absolute atomic E-state index is 9.75. The maximum Gasteiger partial charge on any atom is 0.122 e. The third kappa shape index (κ3) is 3.61. The highest BCUT2D eigenvalue weighted by Gasteiger charge is 2.12. The molecule has 9 heavy (non-hydrogen) atoms. The zero-order valence-corrected chi connectivity index (χ0v) is 6.41. The van der Waals surface area contributed by atoms with Crippen LogP contribution >= 0.6 is 15.9 Å². The van der Waals surface area contributed by atoms with Gasteiger partial charge in [0.05, 0.1) is 12.2 Å². The summed E-state index contributed by atoms with van der Waals surface area (Å²) in [4.78, 5) is 9.75. The first kappa shape index (κ1) is 9.07. The third-order valence-corrected chi connectivity index (χ3v) is 1.60. The van der Waals surface area contributed by atoms with Crippen LogP contribution < -0.4 is 0 Å². The second-order valence-corrected chi connectivity index (χ2v) is 2.34. The molecule has 2 N–H and O–H groups in total. The second-order valence-electron chi connectivity index (χ2n) is 1.69. The minimum Gasteiger partial charge on any atom is -0.390 e. The minimum absolute atomic E-state index is 0.00718. The molecular formula is C5H9BrO3. The van der Waals surface area contributed by atoms with E-state index in [0.717, 1.165) is 0 Å². The summed E-state index contributed by atoms with van der Waals surface area (Å²) < 4.78 is 0. The number of halogens is 1. The molecule has 0 saturated carbocycles. The zero-order valence-electron chi connectivity index (χ0n) is 4.83. The number of hydrogen-bond acceptors (Lipinski definition) is 3.